The van der Waals surface area contributed by atoms with Gasteiger partial charge in [-0.15, -0.1) is 0 Å². The summed E-state index contributed by atoms with van der Waals surface area (Å²) in [5.74, 6) is 0.321. The van der Waals surface area contributed by atoms with Crippen molar-refractivity contribution in [1.29, 1.82) is 0 Å². The third kappa shape index (κ3) is 2.89. The van der Waals surface area contributed by atoms with Crippen LogP contribution in [-0.4, -0.2) is 27.8 Å². The molecular formula is C15H15ClN4O2S. The van der Waals surface area contributed by atoms with Crippen LogP contribution in [0, 0.1) is 6.92 Å². The van der Waals surface area contributed by atoms with Gasteiger partial charge in [-0.2, -0.15) is 5.10 Å². The van der Waals surface area contributed by atoms with Crippen LogP contribution in [0.5, 0.6) is 5.75 Å². The largest absolute Gasteiger partial charge is 0.494 e. The van der Waals surface area contributed by atoms with Crippen LogP contribution in [-0.2, 0) is 6.54 Å². The van der Waals surface area contributed by atoms with Crippen molar-refractivity contribution < 1.29 is 9.53 Å². The molecule has 1 amide bonds. The molecule has 2 heterocycles. The zero-order chi connectivity index (χ0) is 16.6. The fraction of sp³-hybridized carbons (Fsp3) is 0.267. The van der Waals surface area contributed by atoms with E-state index < -0.39 is 0 Å². The molecule has 1 aromatic carbocycles. The van der Waals surface area contributed by atoms with Crippen LogP contribution in [0.2, 0.25) is 5.02 Å². The van der Waals surface area contributed by atoms with Crippen LogP contribution < -0.4 is 10.1 Å². The molecule has 23 heavy (non-hydrogen) atoms. The quantitative estimate of drug-likeness (QED) is 0.778. The summed E-state index contributed by atoms with van der Waals surface area (Å²) in [7, 11) is 1.57. The van der Waals surface area contributed by atoms with Crippen LogP contribution in [0.25, 0.3) is 10.2 Å². The molecule has 3 aromatic rings. The van der Waals surface area contributed by atoms with Gasteiger partial charge in [-0.25, -0.2) is 4.98 Å². The number of hydrogen-bond acceptors (Lipinski definition) is 5. The van der Waals surface area contributed by atoms with Gasteiger partial charge >= 0.3 is 0 Å². The van der Waals surface area contributed by atoms with E-state index in [1.165, 1.54) is 11.3 Å². The number of thiazole rings is 1. The lowest BCUT2D eigenvalue weighted by molar-refractivity contribution is 0.102. The second-order valence-electron chi connectivity index (χ2n) is 4.89. The van der Waals surface area contributed by atoms with Gasteiger partial charge in [0.15, 0.2) is 10.8 Å². The van der Waals surface area contributed by atoms with Crippen LogP contribution in [0.4, 0.5) is 5.13 Å². The molecule has 2 aromatic heterocycles. The maximum Gasteiger partial charge on any atom is 0.277 e. The zero-order valence-electron chi connectivity index (χ0n) is 12.9. The SMILES string of the molecule is CCn1nc(C(=O)Nc2nc3c(OC)ccc(Cl)c3s2)cc1C. The topological polar surface area (TPSA) is 69.0 Å². The summed E-state index contributed by atoms with van der Waals surface area (Å²) in [6, 6.07) is 5.25. The van der Waals surface area contributed by atoms with E-state index in [4.69, 9.17) is 16.3 Å². The number of methoxy groups -OCH3 is 1. The van der Waals surface area contributed by atoms with Gasteiger partial charge in [0, 0.05) is 12.2 Å². The lowest BCUT2D eigenvalue weighted by atomic mass is 10.3. The van der Waals surface area contributed by atoms with Crippen molar-refractivity contribution in [2.45, 2.75) is 20.4 Å². The van der Waals surface area contributed by atoms with Crippen molar-refractivity contribution in [3.63, 3.8) is 0 Å². The number of anilines is 1. The number of carbonyl (C=O) groups excluding carboxylic acids is 1. The van der Waals surface area contributed by atoms with Crippen LogP contribution in [0.15, 0.2) is 18.2 Å². The van der Waals surface area contributed by atoms with E-state index in [2.05, 4.69) is 15.4 Å². The van der Waals surface area contributed by atoms with E-state index in [0.717, 1.165) is 10.4 Å². The highest BCUT2D eigenvalue weighted by Crippen LogP contribution is 2.37. The number of nitrogens with one attached hydrogen (secondary N) is 1. The first-order valence-electron chi connectivity index (χ1n) is 7.02. The number of benzene rings is 1. The van der Waals surface area contributed by atoms with E-state index in [-0.39, 0.29) is 5.91 Å². The smallest absolute Gasteiger partial charge is 0.277 e. The second-order valence-corrected chi connectivity index (χ2v) is 6.29. The Morgan fingerprint density at radius 1 is 1.48 bits per heavy atom. The highest BCUT2D eigenvalue weighted by Gasteiger charge is 2.16. The van der Waals surface area contributed by atoms with E-state index in [1.54, 1.807) is 30.0 Å². The summed E-state index contributed by atoms with van der Waals surface area (Å²) in [4.78, 5) is 16.7. The predicted molar refractivity (Wildman–Crippen MR) is 91.8 cm³/mol. The number of aromatic nitrogens is 3. The van der Waals surface area contributed by atoms with Gasteiger partial charge in [0.2, 0.25) is 0 Å². The van der Waals surface area contributed by atoms with E-state index >= 15 is 0 Å². The molecule has 0 atom stereocenters. The summed E-state index contributed by atoms with van der Waals surface area (Å²) < 4.78 is 7.82. The molecule has 0 radical (unpaired) electrons. The molecule has 0 aliphatic heterocycles. The third-order valence-electron chi connectivity index (χ3n) is 3.41. The Bertz CT molecular complexity index is 887. The number of rotatable bonds is 4. The first-order valence-corrected chi connectivity index (χ1v) is 8.21. The minimum absolute atomic E-state index is 0.297. The Hall–Kier alpha value is -2.12. The molecule has 0 saturated heterocycles. The number of nitrogens with zero attached hydrogens (tertiary/aromatic N) is 3. The van der Waals surface area contributed by atoms with Crippen molar-refractivity contribution >= 4 is 44.2 Å². The average Bonchev–Trinajstić information content (AvgIpc) is 3.11. The Kier molecular flexibility index (Phi) is 4.23. The molecule has 0 spiro atoms. The normalized spacial score (nSPS) is 11.0. The first kappa shape index (κ1) is 15.8. The molecule has 120 valence electrons. The summed E-state index contributed by atoms with van der Waals surface area (Å²) >= 11 is 7.49. The summed E-state index contributed by atoms with van der Waals surface area (Å²) in [6.45, 7) is 4.60. The van der Waals surface area contributed by atoms with Gasteiger partial charge in [-0.05, 0) is 32.0 Å². The number of ether oxygens (including phenoxy) is 1. The van der Waals surface area contributed by atoms with Crippen LogP contribution in [0.1, 0.15) is 23.1 Å². The Morgan fingerprint density at radius 3 is 2.91 bits per heavy atom. The minimum atomic E-state index is -0.297. The van der Waals surface area contributed by atoms with Crippen LogP contribution in [0.3, 0.4) is 0 Å². The second kappa shape index (κ2) is 6.17. The molecule has 0 fully saturated rings. The van der Waals surface area contributed by atoms with Gasteiger partial charge in [-0.1, -0.05) is 22.9 Å². The molecule has 0 aliphatic carbocycles. The number of hydrogen-bond donors (Lipinski definition) is 1. The average molecular weight is 351 g/mol. The zero-order valence-corrected chi connectivity index (χ0v) is 14.5. The fourth-order valence-corrected chi connectivity index (χ4v) is 3.42. The van der Waals surface area contributed by atoms with Crippen molar-refractivity contribution in [2.24, 2.45) is 0 Å². The standard InChI is InChI=1S/C15H15ClN4O2S/c1-4-20-8(2)7-10(19-20)14(21)18-15-17-12-11(22-3)6-5-9(16)13(12)23-15/h5-7H,4H2,1-3H3,(H,17,18,21). The minimum Gasteiger partial charge on any atom is -0.494 e. The Balaban J connectivity index is 1.91. The van der Waals surface area contributed by atoms with Gasteiger partial charge in [-0.3, -0.25) is 14.8 Å². The number of carbonyl (C=O) groups is 1. The monoisotopic (exact) mass is 350 g/mol. The maximum absolute atomic E-state index is 12.3. The number of amides is 1. The number of fused-ring (bicyclic) bond motifs is 1. The Labute approximate surface area is 142 Å². The van der Waals surface area contributed by atoms with Gasteiger partial charge in [0.25, 0.3) is 5.91 Å². The lowest BCUT2D eigenvalue weighted by Gasteiger charge is -2.00. The predicted octanol–water partition coefficient (Wildman–Crippen LogP) is 3.74. The van der Waals surface area contributed by atoms with Gasteiger partial charge in [0.1, 0.15) is 11.3 Å². The molecule has 3 rings (SSSR count). The van der Waals surface area contributed by atoms with E-state index in [0.29, 0.717) is 33.7 Å². The van der Waals surface area contributed by atoms with Crippen molar-refractivity contribution in [1.82, 2.24) is 14.8 Å². The van der Waals surface area contributed by atoms with Crippen molar-refractivity contribution in [3.8, 4) is 5.75 Å². The van der Waals surface area contributed by atoms with Gasteiger partial charge in [0.05, 0.1) is 16.8 Å². The molecule has 6 nitrogen and oxygen atoms in total. The highest BCUT2D eigenvalue weighted by atomic mass is 35.5. The third-order valence-corrected chi connectivity index (χ3v) is 4.84. The fourth-order valence-electron chi connectivity index (χ4n) is 2.27. The lowest BCUT2D eigenvalue weighted by Crippen LogP contribution is -2.13. The van der Waals surface area contributed by atoms with E-state index in [1.807, 2.05) is 13.8 Å². The summed E-state index contributed by atoms with van der Waals surface area (Å²) in [5, 5.41) is 8.06. The highest BCUT2D eigenvalue weighted by molar-refractivity contribution is 7.23. The number of aryl methyl sites for hydroxylation is 2. The van der Waals surface area contributed by atoms with Crippen molar-refractivity contribution in [2.75, 3.05) is 12.4 Å². The molecule has 0 bridgehead atoms. The summed E-state index contributed by atoms with van der Waals surface area (Å²) in [5.41, 5.74) is 1.93. The molecular weight excluding hydrogens is 336 g/mol. The Morgan fingerprint density at radius 2 is 2.26 bits per heavy atom. The molecule has 0 saturated carbocycles. The molecule has 8 heteroatoms. The van der Waals surface area contributed by atoms with Crippen molar-refractivity contribution in [3.05, 3.63) is 34.6 Å². The molecule has 0 unspecified atom stereocenters. The maximum atomic E-state index is 12.3. The number of halogens is 1. The van der Waals surface area contributed by atoms with Gasteiger partial charge < -0.3 is 4.74 Å². The molecule has 1 N–H and O–H groups in total. The first-order chi connectivity index (χ1) is 11.0. The summed E-state index contributed by atoms with van der Waals surface area (Å²) in [6.07, 6.45) is 0. The molecule has 0 aliphatic rings. The van der Waals surface area contributed by atoms with E-state index in [9.17, 15) is 4.79 Å². The van der Waals surface area contributed by atoms with Crippen LogP contribution >= 0.6 is 22.9 Å².